The molecule has 1 aromatic heterocycles. The largest absolute Gasteiger partial charge is 0.480 e. The van der Waals surface area contributed by atoms with E-state index < -0.39 is 22.8 Å². The number of carboxylic acids is 1. The normalized spacial score (nSPS) is 30.2. The standard InChI is InChI=1S/C10H13NO3S2/c1-6-2-3-9(15-6)7-4-16(14)5-8(11-7)10(12)13/h2-3,7-8,11H,4-5H2,1H3,(H,12,13)/t7-,8+,16-/m0/s1. The molecule has 1 aliphatic rings. The van der Waals surface area contributed by atoms with Crippen LogP contribution >= 0.6 is 11.3 Å². The van der Waals surface area contributed by atoms with E-state index in [2.05, 4.69) is 5.32 Å². The van der Waals surface area contributed by atoms with Crippen molar-refractivity contribution in [2.45, 2.75) is 19.0 Å². The van der Waals surface area contributed by atoms with Gasteiger partial charge in [-0.05, 0) is 19.1 Å². The second-order valence-electron chi connectivity index (χ2n) is 3.83. The van der Waals surface area contributed by atoms with Crippen molar-refractivity contribution in [3.63, 3.8) is 0 Å². The predicted octanol–water partition coefficient (Wildman–Crippen LogP) is 0.903. The second kappa shape index (κ2) is 4.65. The van der Waals surface area contributed by atoms with Crippen LogP contribution in [0.5, 0.6) is 0 Å². The Kier molecular flexibility index (Phi) is 3.41. The first-order valence-corrected chi connectivity index (χ1v) is 7.27. The highest BCUT2D eigenvalue weighted by Gasteiger charge is 2.31. The summed E-state index contributed by atoms with van der Waals surface area (Å²) in [6.07, 6.45) is 0. The maximum atomic E-state index is 11.6. The zero-order valence-electron chi connectivity index (χ0n) is 8.80. The highest BCUT2D eigenvalue weighted by molar-refractivity contribution is 7.85. The Balaban J connectivity index is 2.16. The Morgan fingerprint density at radius 3 is 2.88 bits per heavy atom. The zero-order chi connectivity index (χ0) is 11.7. The van der Waals surface area contributed by atoms with Crippen molar-refractivity contribution in [3.05, 3.63) is 21.9 Å². The molecule has 2 heterocycles. The average molecular weight is 259 g/mol. The van der Waals surface area contributed by atoms with Crippen LogP contribution in [0, 0.1) is 6.92 Å². The van der Waals surface area contributed by atoms with Crippen molar-refractivity contribution < 1.29 is 14.1 Å². The Morgan fingerprint density at radius 1 is 1.56 bits per heavy atom. The zero-order valence-corrected chi connectivity index (χ0v) is 10.4. The molecule has 1 aliphatic heterocycles. The van der Waals surface area contributed by atoms with Gasteiger partial charge >= 0.3 is 5.97 Å². The molecule has 0 unspecified atom stereocenters. The van der Waals surface area contributed by atoms with E-state index in [9.17, 15) is 9.00 Å². The molecule has 1 saturated heterocycles. The van der Waals surface area contributed by atoms with Crippen LogP contribution in [-0.4, -0.2) is 32.8 Å². The summed E-state index contributed by atoms with van der Waals surface area (Å²) in [7, 11) is -1.05. The lowest BCUT2D eigenvalue weighted by Gasteiger charge is -2.27. The molecule has 1 fully saturated rings. The lowest BCUT2D eigenvalue weighted by molar-refractivity contribution is -0.139. The van der Waals surface area contributed by atoms with Gasteiger partial charge in [0.1, 0.15) is 6.04 Å². The lowest BCUT2D eigenvalue weighted by atomic mass is 10.2. The van der Waals surface area contributed by atoms with Gasteiger partial charge < -0.3 is 5.11 Å². The second-order valence-corrected chi connectivity index (χ2v) is 6.70. The van der Waals surface area contributed by atoms with Gasteiger partial charge in [-0.2, -0.15) is 0 Å². The molecule has 6 heteroatoms. The number of aliphatic carboxylic acids is 1. The Labute approximate surface area is 100 Å². The van der Waals surface area contributed by atoms with E-state index in [4.69, 9.17) is 5.11 Å². The smallest absolute Gasteiger partial charge is 0.321 e. The highest BCUT2D eigenvalue weighted by atomic mass is 32.2. The van der Waals surface area contributed by atoms with Gasteiger partial charge in [-0.15, -0.1) is 11.3 Å². The molecule has 0 bridgehead atoms. The fourth-order valence-corrected chi connectivity index (χ4v) is 4.16. The molecule has 4 nitrogen and oxygen atoms in total. The van der Waals surface area contributed by atoms with E-state index in [1.54, 1.807) is 11.3 Å². The lowest BCUT2D eigenvalue weighted by Crippen LogP contribution is -2.49. The van der Waals surface area contributed by atoms with Crippen LogP contribution in [0.25, 0.3) is 0 Å². The van der Waals surface area contributed by atoms with Gasteiger partial charge in [0.25, 0.3) is 0 Å². The number of rotatable bonds is 2. The SMILES string of the molecule is Cc1ccc([C@@H]2C[S@](=O)C[C@H](C(=O)O)N2)s1. The fourth-order valence-electron chi connectivity index (χ4n) is 1.73. The van der Waals surface area contributed by atoms with Gasteiger partial charge in [-0.1, -0.05) is 0 Å². The molecule has 2 rings (SSSR count). The molecule has 0 aromatic carbocycles. The summed E-state index contributed by atoms with van der Waals surface area (Å²) in [5.41, 5.74) is 0. The van der Waals surface area contributed by atoms with Crippen molar-refractivity contribution in [2.24, 2.45) is 0 Å². The minimum Gasteiger partial charge on any atom is -0.480 e. The first-order valence-electron chi connectivity index (χ1n) is 4.96. The van der Waals surface area contributed by atoms with Gasteiger partial charge in [-0.3, -0.25) is 14.3 Å². The van der Waals surface area contributed by atoms with E-state index in [0.29, 0.717) is 5.75 Å². The topological polar surface area (TPSA) is 66.4 Å². The van der Waals surface area contributed by atoms with Crippen molar-refractivity contribution in [3.8, 4) is 0 Å². The molecule has 0 spiro atoms. The van der Waals surface area contributed by atoms with Gasteiger partial charge in [0.2, 0.25) is 0 Å². The van der Waals surface area contributed by atoms with E-state index >= 15 is 0 Å². The summed E-state index contributed by atoms with van der Waals surface area (Å²) < 4.78 is 11.6. The third-order valence-electron chi connectivity index (χ3n) is 2.51. The molecular formula is C10H13NO3S2. The molecule has 1 aromatic rings. The minimum atomic E-state index is -1.05. The van der Waals surface area contributed by atoms with Crippen molar-refractivity contribution in [2.75, 3.05) is 11.5 Å². The van der Waals surface area contributed by atoms with Crippen LogP contribution in [0.15, 0.2) is 12.1 Å². The highest BCUT2D eigenvalue weighted by Crippen LogP contribution is 2.26. The van der Waals surface area contributed by atoms with Gasteiger partial charge in [-0.25, -0.2) is 0 Å². The number of thiophene rings is 1. The third kappa shape index (κ3) is 2.50. The molecule has 0 aliphatic carbocycles. The summed E-state index contributed by atoms with van der Waals surface area (Å²) in [6.45, 7) is 2.00. The molecular weight excluding hydrogens is 246 g/mol. The molecule has 2 N–H and O–H groups in total. The molecule has 0 saturated carbocycles. The van der Waals surface area contributed by atoms with Crippen molar-refractivity contribution in [1.82, 2.24) is 5.32 Å². The van der Waals surface area contributed by atoms with Gasteiger partial charge in [0.15, 0.2) is 0 Å². The third-order valence-corrected chi connectivity index (χ3v) is 5.03. The predicted molar refractivity (Wildman–Crippen MR) is 64.2 cm³/mol. The van der Waals surface area contributed by atoms with Crippen LogP contribution < -0.4 is 5.32 Å². The summed E-state index contributed by atoms with van der Waals surface area (Å²) >= 11 is 1.62. The fraction of sp³-hybridized carbons (Fsp3) is 0.500. The monoisotopic (exact) mass is 259 g/mol. The Bertz CT molecular complexity index is 429. The molecule has 0 radical (unpaired) electrons. The maximum absolute atomic E-state index is 11.6. The summed E-state index contributed by atoms with van der Waals surface area (Å²) in [4.78, 5) is 13.1. The Hall–Kier alpha value is -0.720. The van der Waals surface area contributed by atoms with E-state index in [-0.39, 0.29) is 11.8 Å². The summed E-state index contributed by atoms with van der Waals surface area (Å²) in [5.74, 6) is -0.216. The number of hydrogen-bond donors (Lipinski definition) is 2. The van der Waals surface area contributed by atoms with Crippen LogP contribution in [0.3, 0.4) is 0 Å². The van der Waals surface area contributed by atoms with Gasteiger partial charge in [0.05, 0.1) is 6.04 Å². The first kappa shape index (κ1) is 11.8. The average Bonchev–Trinajstić information content (AvgIpc) is 2.64. The summed E-state index contributed by atoms with van der Waals surface area (Å²) in [5, 5.41) is 12.0. The van der Waals surface area contributed by atoms with Crippen molar-refractivity contribution in [1.29, 1.82) is 0 Å². The minimum absolute atomic E-state index is 0.0885. The molecule has 16 heavy (non-hydrogen) atoms. The summed E-state index contributed by atoms with van der Waals surface area (Å²) in [6, 6.07) is 3.19. The van der Waals surface area contributed by atoms with E-state index in [0.717, 1.165) is 4.88 Å². The molecule has 3 atom stereocenters. The Morgan fingerprint density at radius 2 is 2.31 bits per heavy atom. The number of hydrogen-bond acceptors (Lipinski definition) is 4. The number of carboxylic acid groups (broad SMARTS) is 1. The van der Waals surface area contributed by atoms with Crippen LogP contribution in [0.2, 0.25) is 0 Å². The van der Waals surface area contributed by atoms with Crippen molar-refractivity contribution >= 4 is 28.1 Å². The quantitative estimate of drug-likeness (QED) is 0.828. The van der Waals surface area contributed by atoms with E-state index in [1.165, 1.54) is 4.88 Å². The number of aryl methyl sites for hydroxylation is 1. The van der Waals surface area contributed by atoms with Crippen LogP contribution in [0.4, 0.5) is 0 Å². The molecule has 0 amide bonds. The van der Waals surface area contributed by atoms with Crippen LogP contribution in [-0.2, 0) is 15.6 Å². The number of carbonyl (C=O) groups is 1. The van der Waals surface area contributed by atoms with Crippen LogP contribution in [0.1, 0.15) is 15.8 Å². The number of nitrogens with one attached hydrogen (secondary N) is 1. The molecule has 88 valence electrons. The first-order chi connectivity index (χ1) is 7.56. The van der Waals surface area contributed by atoms with Gasteiger partial charge in [0, 0.05) is 32.1 Å². The maximum Gasteiger partial charge on any atom is 0.321 e. The van der Waals surface area contributed by atoms with E-state index in [1.807, 2.05) is 19.1 Å².